The van der Waals surface area contributed by atoms with Gasteiger partial charge in [-0.2, -0.15) is 0 Å². The number of alkyl carbamates (subject to hydrolysis) is 1. The lowest BCUT2D eigenvalue weighted by Gasteiger charge is -2.08. The summed E-state index contributed by atoms with van der Waals surface area (Å²) in [5, 5.41) is 9.99. The molecule has 0 saturated carbocycles. The van der Waals surface area contributed by atoms with Crippen LogP contribution in [0.1, 0.15) is 18.9 Å². The zero-order valence-corrected chi connectivity index (χ0v) is 10.4. The van der Waals surface area contributed by atoms with Crippen LogP contribution in [0, 0.1) is 11.5 Å². The molecule has 0 atom stereocenters. The summed E-state index contributed by atoms with van der Waals surface area (Å²) in [5.74, 6) is 0.00322. The molecule has 1 aromatic rings. The second-order valence-corrected chi connectivity index (χ2v) is 3.54. The number of carbonyl (C=O) groups excluding carboxylic acids is 1. The molecule has 2 N–H and O–H groups in total. The third kappa shape index (κ3) is 5.45. The molecule has 0 aliphatic rings. The van der Waals surface area contributed by atoms with Crippen LogP contribution in [0.15, 0.2) is 24.3 Å². The number of rotatable bonds is 6. The Hall–Kier alpha value is -1.88. The summed E-state index contributed by atoms with van der Waals surface area (Å²) in [7, 11) is 0. The number of hydrogen-bond donors (Lipinski definition) is 2. The second-order valence-electron chi connectivity index (χ2n) is 3.54. The monoisotopic (exact) mass is 249 g/mol. The van der Waals surface area contributed by atoms with Crippen LogP contribution < -0.4 is 5.32 Å². The van der Waals surface area contributed by atoms with Gasteiger partial charge in [-0.05, 0) is 12.5 Å². The zero-order valence-electron chi connectivity index (χ0n) is 10.4. The van der Waals surface area contributed by atoms with E-state index in [1.165, 1.54) is 0 Å². The van der Waals surface area contributed by atoms with Crippen LogP contribution in [0.5, 0.6) is 0 Å². The summed E-state index contributed by atoms with van der Waals surface area (Å²) in [6, 6.07) is 9.56. The number of amides is 1. The minimum Gasteiger partial charge on any atom is -0.447 e. The van der Waals surface area contributed by atoms with Gasteiger partial charge >= 0.3 is 6.09 Å². The summed E-state index contributed by atoms with van der Waals surface area (Å²) in [4.78, 5) is 11.3. The Labute approximate surface area is 107 Å². The highest BCUT2D eigenvalue weighted by Gasteiger charge is 2.06. The molecule has 0 spiro atoms. The second kappa shape index (κ2) is 8.25. The summed E-state index contributed by atoms with van der Waals surface area (Å²) >= 11 is 0. The third-order valence-corrected chi connectivity index (χ3v) is 2.04. The van der Waals surface area contributed by atoms with E-state index >= 15 is 0 Å². The molecule has 0 aliphatic heterocycles. The van der Waals surface area contributed by atoms with Crippen LogP contribution in [-0.2, 0) is 9.47 Å². The molecule has 0 fully saturated rings. The normalized spacial score (nSPS) is 9.83. The lowest BCUT2D eigenvalue weighted by molar-refractivity contribution is 0.0750. The number of amidine groups is 1. The molecule has 1 rings (SSSR count). The molecular weight excluding hydrogens is 232 g/mol. The molecule has 5 nitrogen and oxygen atoms in total. The van der Waals surface area contributed by atoms with Gasteiger partial charge in [0.15, 0.2) is 0 Å². The van der Waals surface area contributed by atoms with Crippen molar-refractivity contribution in [2.75, 3.05) is 19.8 Å². The fourth-order valence-corrected chi connectivity index (χ4v) is 1.20. The Balaban J connectivity index is 2.22. The van der Waals surface area contributed by atoms with Crippen LogP contribution in [0.2, 0.25) is 0 Å². The summed E-state index contributed by atoms with van der Waals surface area (Å²) in [6.07, 6.45) is 0.287. The van der Waals surface area contributed by atoms with Gasteiger partial charge < -0.3 is 9.47 Å². The van der Waals surface area contributed by atoms with Crippen molar-refractivity contribution in [3.63, 3.8) is 0 Å². The summed E-state index contributed by atoms with van der Waals surface area (Å²) < 4.78 is 10.0. The lowest BCUT2D eigenvalue weighted by atomic mass is 10.2. The number of ether oxygens (including phenoxy) is 2. The van der Waals surface area contributed by atoms with E-state index in [1.807, 2.05) is 6.92 Å². The van der Waals surface area contributed by atoms with Gasteiger partial charge in [0.2, 0.25) is 0 Å². The van der Waals surface area contributed by atoms with Gasteiger partial charge in [-0.3, -0.25) is 10.7 Å². The molecule has 0 aliphatic carbocycles. The first-order valence-electron chi connectivity index (χ1n) is 5.80. The lowest BCUT2D eigenvalue weighted by Crippen LogP contribution is -2.31. The maximum absolute atomic E-state index is 11.3. The van der Waals surface area contributed by atoms with Gasteiger partial charge in [0.05, 0.1) is 6.61 Å². The van der Waals surface area contributed by atoms with Crippen molar-refractivity contribution in [1.29, 1.82) is 5.41 Å². The van der Waals surface area contributed by atoms with Gasteiger partial charge in [0.1, 0.15) is 12.4 Å². The highest BCUT2D eigenvalue weighted by molar-refractivity contribution is 6.04. The Kier molecular flexibility index (Phi) is 6.50. The molecule has 0 saturated heterocycles. The Bertz CT molecular complexity index is 379. The number of benzene rings is 1. The molecule has 0 unspecified atom stereocenters. The van der Waals surface area contributed by atoms with E-state index in [1.54, 1.807) is 24.3 Å². The standard InChI is InChI=1S/C13H17N2O3/c1-2-8-17-9-10-18-13(16)15-12(14)11-6-4-3-5-7-11/h4-7H,2,8-10H2,1H3,(H2,14,15,16). The average Bonchev–Trinajstić information content (AvgIpc) is 2.39. The predicted molar refractivity (Wildman–Crippen MR) is 67.7 cm³/mol. The predicted octanol–water partition coefficient (Wildman–Crippen LogP) is 1.96. The number of carbonyl (C=O) groups is 1. The molecule has 1 aromatic carbocycles. The Morgan fingerprint density at radius 1 is 1.33 bits per heavy atom. The fraction of sp³-hybridized carbons (Fsp3) is 0.385. The molecule has 5 heteroatoms. The zero-order chi connectivity index (χ0) is 13.2. The minimum atomic E-state index is -0.645. The van der Waals surface area contributed by atoms with Crippen molar-refractivity contribution >= 4 is 11.9 Å². The minimum absolute atomic E-state index is 0.00322. The fourth-order valence-electron chi connectivity index (χ4n) is 1.20. The van der Waals surface area contributed by atoms with E-state index in [9.17, 15) is 4.79 Å². The Morgan fingerprint density at radius 2 is 2.06 bits per heavy atom. The molecule has 18 heavy (non-hydrogen) atoms. The molecule has 0 bridgehead atoms. The van der Waals surface area contributed by atoms with Crippen LogP contribution in [0.25, 0.3) is 0 Å². The van der Waals surface area contributed by atoms with Crippen molar-refractivity contribution in [2.24, 2.45) is 0 Å². The number of hydrogen-bond acceptors (Lipinski definition) is 4. The first kappa shape index (κ1) is 14.2. The molecule has 1 radical (unpaired) electrons. The topological polar surface area (TPSA) is 71.4 Å². The van der Waals surface area contributed by atoms with E-state index in [2.05, 4.69) is 11.4 Å². The van der Waals surface area contributed by atoms with E-state index in [0.29, 0.717) is 18.8 Å². The molecule has 1 amide bonds. The van der Waals surface area contributed by atoms with Crippen molar-refractivity contribution in [3.8, 4) is 0 Å². The summed E-state index contributed by atoms with van der Waals surface area (Å²) in [5.41, 5.74) is 0.605. The highest BCUT2D eigenvalue weighted by Crippen LogP contribution is 1.97. The van der Waals surface area contributed by atoms with E-state index < -0.39 is 6.09 Å². The number of nitrogens with one attached hydrogen (secondary N) is 2. The molecular formula is C13H17N2O3. The van der Waals surface area contributed by atoms with Crippen molar-refractivity contribution in [1.82, 2.24) is 5.32 Å². The van der Waals surface area contributed by atoms with Crippen LogP contribution in [0.3, 0.4) is 0 Å². The average molecular weight is 249 g/mol. The van der Waals surface area contributed by atoms with Gasteiger partial charge in [-0.1, -0.05) is 31.2 Å². The van der Waals surface area contributed by atoms with E-state index in [-0.39, 0.29) is 12.4 Å². The third-order valence-electron chi connectivity index (χ3n) is 2.04. The maximum Gasteiger partial charge on any atom is 0.412 e. The highest BCUT2D eigenvalue weighted by atomic mass is 16.6. The van der Waals surface area contributed by atoms with Crippen LogP contribution in [0.4, 0.5) is 4.79 Å². The van der Waals surface area contributed by atoms with Gasteiger partial charge in [0.25, 0.3) is 0 Å². The van der Waals surface area contributed by atoms with Gasteiger partial charge in [-0.15, -0.1) is 0 Å². The van der Waals surface area contributed by atoms with Crippen LogP contribution >= 0.6 is 0 Å². The largest absolute Gasteiger partial charge is 0.447 e. The quantitative estimate of drug-likeness (QED) is 0.460. The van der Waals surface area contributed by atoms with Gasteiger partial charge in [-0.25, -0.2) is 4.79 Å². The molecule has 97 valence electrons. The van der Waals surface area contributed by atoms with E-state index in [0.717, 1.165) is 6.42 Å². The molecule has 0 aromatic heterocycles. The SMILES string of the molecule is CCCOCCOC(=O)NC(=N)c1cc[c]cc1. The van der Waals surface area contributed by atoms with Crippen LogP contribution in [-0.4, -0.2) is 31.7 Å². The van der Waals surface area contributed by atoms with Crippen molar-refractivity contribution < 1.29 is 14.3 Å². The molecule has 0 heterocycles. The van der Waals surface area contributed by atoms with Gasteiger partial charge in [0, 0.05) is 12.2 Å². The first-order valence-corrected chi connectivity index (χ1v) is 5.80. The van der Waals surface area contributed by atoms with Crippen molar-refractivity contribution in [2.45, 2.75) is 13.3 Å². The Morgan fingerprint density at radius 3 is 2.72 bits per heavy atom. The first-order chi connectivity index (χ1) is 8.74. The van der Waals surface area contributed by atoms with E-state index in [4.69, 9.17) is 14.9 Å². The maximum atomic E-state index is 11.3. The van der Waals surface area contributed by atoms with Crippen molar-refractivity contribution in [3.05, 3.63) is 35.9 Å². The summed E-state index contributed by atoms with van der Waals surface area (Å²) in [6.45, 7) is 3.21. The smallest absolute Gasteiger partial charge is 0.412 e.